The maximum Gasteiger partial charge on any atom is 0.335 e. The van der Waals surface area contributed by atoms with Crippen molar-refractivity contribution >= 4 is 34.2 Å². The molecule has 8 heteroatoms. The number of carboxylic acids is 1. The largest absolute Gasteiger partial charge is 0.478 e. The van der Waals surface area contributed by atoms with Gasteiger partial charge in [-0.3, -0.25) is 14.3 Å². The fourth-order valence-corrected chi connectivity index (χ4v) is 5.09. The lowest BCUT2D eigenvalue weighted by Gasteiger charge is -2.27. The van der Waals surface area contributed by atoms with E-state index in [1.807, 2.05) is 31.7 Å². The van der Waals surface area contributed by atoms with Crippen LogP contribution >= 0.6 is 11.6 Å². The zero-order chi connectivity index (χ0) is 26.9. The summed E-state index contributed by atoms with van der Waals surface area (Å²) in [5, 5.41) is 10.7. The van der Waals surface area contributed by atoms with Crippen molar-refractivity contribution in [3.8, 4) is 12.3 Å². The molecule has 37 heavy (non-hydrogen) atoms. The van der Waals surface area contributed by atoms with E-state index in [0.717, 1.165) is 30.2 Å². The van der Waals surface area contributed by atoms with Crippen LogP contribution in [-0.2, 0) is 25.6 Å². The minimum atomic E-state index is -0.968. The summed E-state index contributed by atoms with van der Waals surface area (Å²) >= 11 is 6.71. The number of carbonyl (C=O) groups is 1. The van der Waals surface area contributed by atoms with Gasteiger partial charge in [-0.1, -0.05) is 38.3 Å². The number of carboxylic acid groups (broad SMARTS) is 1. The molecule has 0 bridgehead atoms. The number of anilines is 1. The Bertz CT molecular complexity index is 1440. The van der Waals surface area contributed by atoms with Crippen LogP contribution in [-0.4, -0.2) is 45.2 Å². The highest BCUT2D eigenvalue weighted by Gasteiger charge is 2.24. The molecule has 2 heterocycles. The first-order valence-electron chi connectivity index (χ1n) is 12.5. The topological polar surface area (TPSA) is 78.7 Å². The molecular weight excluding hydrogens is 488 g/mol. The van der Waals surface area contributed by atoms with E-state index in [0.29, 0.717) is 34.6 Å². The second kappa shape index (κ2) is 10.6. The molecule has 1 fully saturated rings. The van der Waals surface area contributed by atoms with Crippen molar-refractivity contribution in [2.45, 2.75) is 52.1 Å². The zero-order valence-electron chi connectivity index (χ0n) is 21.8. The van der Waals surface area contributed by atoms with Crippen LogP contribution < -0.4 is 10.5 Å². The van der Waals surface area contributed by atoms with Gasteiger partial charge in [0.15, 0.2) is 0 Å². The van der Waals surface area contributed by atoms with E-state index in [1.165, 1.54) is 12.8 Å². The number of terminal acetylenes is 1. The van der Waals surface area contributed by atoms with Gasteiger partial charge in [-0.15, -0.1) is 6.42 Å². The fourth-order valence-electron chi connectivity index (χ4n) is 4.88. The Balaban J connectivity index is 1.72. The molecule has 3 aromatic rings. The van der Waals surface area contributed by atoms with Gasteiger partial charge in [-0.2, -0.15) is 0 Å². The second-order valence-electron chi connectivity index (χ2n) is 10.7. The van der Waals surface area contributed by atoms with Crippen molar-refractivity contribution in [1.82, 2.24) is 14.5 Å². The lowest BCUT2D eigenvalue weighted by Crippen LogP contribution is -2.28. The summed E-state index contributed by atoms with van der Waals surface area (Å²) < 4.78 is 1.62. The first kappa shape index (κ1) is 26.7. The maximum atomic E-state index is 13.3. The molecule has 4 rings (SSSR count). The molecule has 2 aromatic carbocycles. The Hall–Kier alpha value is -3.34. The van der Waals surface area contributed by atoms with Crippen LogP contribution in [0.4, 0.5) is 5.69 Å². The lowest BCUT2D eigenvalue weighted by atomic mass is 9.83. The molecule has 0 saturated carbocycles. The van der Waals surface area contributed by atoms with Crippen molar-refractivity contribution in [2.75, 3.05) is 24.5 Å². The van der Waals surface area contributed by atoms with Crippen LogP contribution in [0.25, 0.3) is 10.9 Å². The molecule has 1 saturated heterocycles. The third kappa shape index (κ3) is 5.66. The number of hydrogen-bond donors (Lipinski definition) is 1. The molecule has 0 unspecified atom stereocenters. The van der Waals surface area contributed by atoms with E-state index in [-0.39, 0.29) is 23.1 Å². The van der Waals surface area contributed by atoms with E-state index in [9.17, 15) is 14.7 Å². The van der Waals surface area contributed by atoms with Gasteiger partial charge >= 0.3 is 5.97 Å². The summed E-state index contributed by atoms with van der Waals surface area (Å²) in [5.74, 6) is 2.44. The van der Waals surface area contributed by atoms with Crippen LogP contribution in [0.1, 0.15) is 60.9 Å². The van der Waals surface area contributed by atoms with Gasteiger partial charge < -0.3 is 10.0 Å². The monoisotopic (exact) mass is 520 g/mol. The minimum Gasteiger partial charge on any atom is -0.478 e. The predicted octanol–water partition coefficient (Wildman–Crippen LogP) is 4.82. The molecule has 0 aliphatic carbocycles. The molecule has 1 aliphatic heterocycles. The predicted molar refractivity (Wildman–Crippen MR) is 148 cm³/mol. The molecule has 0 radical (unpaired) electrons. The summed E-state index contributed by atoms with van der Waals surface area (Å²) in [6, 6.07) is 8.80. The summed E-state index contributed by atoms with van der Waals surface area (Å²) in [6.45, 7) is 9.25. The molecule has 0 atom stereocenters. The van der Waals surface area contributed by atoms with Crippen LogP contribution in [0.2, 0.25) is 5.02 Å². The summed E-state index contributed by atoms with van der Waals surface area (Å²) in [4.78, 5) is 34.1. The van der Waals surface area contributed by atoms with E-state index in [2.05, 4.69) is 10.8 Å². The van der Waals surface area contributed by atoms with Crippen LogP contribution in [0.15, 0.2) is 35.1 Å². The Morgan fingerprint density at radius 2 is 1.92 bits per heavy atom. The van der Waals surface area contributed by atoms with E-state index >= 15 is 0 Å². The average molecular weight is 521 g/mol. The van der Waals surface area contributed by atoms with Gasteiger partial charge in [0.1, 0.15) is 5.82 Å². The quantitative estimate of drug-likeness (QED) is 0.450. The van der Waals surface area contributed by atoms with E-state index < -0.39 is 5.97 Å². The van der Waals surface area contributed by atoms with Crippen molar-refractivity contribution in [3.63, 3.8) is 0 Å². The van der Waals surface area contributed by atoms with Gasteiger partial charge in [-0.05, 0) is 72.8 Å². The second-order valence-corrected chi connectivity index (χ2v) is 11.1. The van der Waals surface area contributed by atoms with Crippen LogP contribution in [0.5, 0.6) is 0 Å². The van der Waals surface area contributed by atoms with Crippen molar-refractivity contribution in [1.29, 1.82) is 0 Å². The molecule has 7 nitrogen and oxygen atoms in total. The SMILES string of the molecule is C#CCN(Cc1cc2c(=O)n(C)c(CN3CCCC3)nc2cc1Cl)c1ccc(C(=O)O)c(C(C)(C)C)c1. The molecule has 1 aliphatic rings. The summed E-state index contributed by atoms with van der Waals surface area (Å²) in [7, 11) is 1.76. The molecule has 0 amide bonds. The van der Waals surface area contributed by atoms with Gasteiger partial charge in [0, 0.05) is 24.3 Å². The highest BCUT2D eigenvalue weighted by molar-refractivity contribution is 6.32. The van der Waals surface area contributed by atoms with Gasteiger partial charge in [-0.25, -0.2) is 9.78 Å². The zero-order valence-corrected chi connectivity index (χ0v) is 22.6. The standard InChI is InChI=1S/C29H33ClN4O3/c1-6-11-34(20-9-10-21(28(36)37)23(15-20)29(2,3)4)17-19-14-22-25(16-24(19)30)31-26(32(5)27(22)35)18-33-12-7-8-13-33/h1,9-10,14-16H,7-8,11-13,17-18H2,2-5H3,(H,36,37). The number of likely N-dealkylation sites (tertiary alicyclic amines) is 1. The molecule has 1 N–H and O–H groups in total. The smallest absolute Gasteiger partial charge is 0.335 e. The van der Waals surface area contributed by atoms with Crippen molar-refractivity contribution in [2.24, 2.45) is 7.05 Å². The highest BCUT2D eigenvalue weighted by Crippen LogP contribution is 2.32. The number of nitrogens with zero attached hydrogens (tertiary/aromatic N) is 4. The average Bonchev–Trinajstić information content (AvgIpc) is 3.35. The van der Waals surface area contributed by atoms with Crippen LogP contribution in [0, 0.1) is 12.3 Å². The Labute approximate surface area is 222 Å². The normalized spacial score (nSPS) is 14.2. The Morgan fingerprint density at radius 3 is 2.54 bits per heavy atom. The summed E-state index contributed by atoms with van der Waals surface area (Å²) in [5.41, 5.74) is 2.60. The molecule has 194 valence electrons. The molecule has 0 spiro atoms. The molecular formula is C29H33ClN4O3. The first-order chi connectivity index (χ1) is 17.5. The fraction of sp³-hybridized carbons (Fsp3) is 0.414. The van der Waals surface area contributed by atoms with E-state index in [1.54, 1.807) is 35.9 Å². The first-order valence-corrected chi connectivity index (χ1v) is 12.8. The third-order valence-electron chi connectivity index (χ3n) is 6.95. The van der Waals surface area contributed by atoms with Crippen molar-refractivity contribution in [3.05, 3.63) is 68.2 Å². The Kier molecular flexibility index (Phi) is 7.63. The van der Waals surface area contributed by atoms with Gasteiger partial charge in [0.25, 0.3) is 5.56 Å². The highest BCUT2D eigenvalue weighted by atomic mass is 35.5. The van der Waals surface area contributed by atoms with Gasteiger partial charge in [0.05, 0.1) is 29.6 Å². The summed E-state index contributed by atoms with van der Waals surface area (Å²) in [6.07, 6.45) is 8.03. The number of benzene rings is 2. The van der Waals surface area contributed by atoms with Crippen molar-refractivity contribution < 1.29 is 9.90 Å². The van der Waals surface area contributed by atoms with Gasteiger partial charge in [0.2, 0.25) is 0 Å². The molecule has 1 aromatic heterocycles. The number of rotatable bonds is 7. The number of halogens is 1. The number of hydrogen-bond acceptors (Lipinski definition) is 5. The number of aromatic nitrogens is 2. The number of fused-ring (bicyclic) bond motifs is 1. The third-order valence-corrected chi connectivity index (χ3v) is 7.30. The van der Waals surface area contributed by atoms with Crippen LogP contribution in [0.3, 0.4) is 0 Å². The Morgan fingerprint density at radius 1 is 1.22 bits per heavy atom. The maximum absolute atomic E-state index is 13.3. The van der Waals surface area contributed by atoms with E-state index in [4.69, 9.17) is 23.0 Å². The number of aromatic carboxylic acids is 1. The minimum absolute atomic E-state index is 0.110. The lowest BCUT2D eigenvalue weighted by molar-refractivity contribution is 0.0694.